The Labute approximate surface area is 130 Å². The maximum Gasteiger partial charge on any atom is 0.417 e. The van der Waals surface area contributed by atoms with Gasteiger partial charge >= 0.3 is 12.1 Å². The zero-order chi connectivity index (χ0) is 17.8. The van der Waals surface area contributed by atoms with Crippen molar-refractivity contribution in [1.82, 2.24) is 4.31 Å². The Bertz CT molecular complexity index is 739. The number of carbonyl (C=O) groups is 1. The Hall–Kier alpha value is -2.12. The first-order valence-corrected chi connectivity index (χ1v) is 7.81. The van der Waals surface area contributed by atoms with Crippen molar-refractivity contribution in [2.24, 2.45) is 0 Å². The molecule has 1 aromatic carbocycles. The van der Waals surface area contributed by atoms with Crippen molar-refractivity contribution in [3.8, 4) is 6.07 Å². The van der Waals surface area contributed by atoms with E-state index < -0.39 is 44.7 Å². The van der Waals surface area contributed by atoms with Gasteiger partial charge in [0.05, 0.1) is 22.1 Å². The first-order valence-electron chi connectivity index (χ1n) is 6.37. The maximum absolute atomic E-state index is 12.9. The van der Waals surface area contributed by atoms with Crippen molar-refractivity contribution in [1.29, 1.82) is 5.26 Å². The molecule has 0 amide bonds. The molecule has 126 valence electrons. The van der Waals surface area contributed by atoms with Gasteiger partial charge in [0.15, 0.2) is 0 Å². The van der Waals surface area contributed by atoms with Gasteiger partial charge in [-0.3, -0.25) is 4.79 Å². The lowest BCUT2D eigenvalue weighted by Crippen LogP contribution is -2.36. The highest BCUT2D eigenvalue weighted by molar-refractivity contribution is 7.89. The van der Waals surface area contributed by atoms with Crippen LogP contribution in [0.25, 0.3) is 0 Å². The summed E-state index contributed by atoms with van der Waals surface area (Å²) in [5, 5.41) is 17.5. The molecule has 0 atom stereocenters. The van der Waals surface area contributed by atoms with E-state index >= 15 is 0 Å². The Morgan fingerprint density at radius 3 is 2.43 bits per heavy atom. The number of sulfonamides is 1. The molecule has 0 bridgehead atoms. The van der Waals surface area contributed by atoms with Crippen LogP contribution in [0.4, 0.5) is 13.2 Å². The fourth-order valence-electron chi connectivity index (χ4n) is 1.85. The summed E-state index contributed by atoms with van der Waals surface area (Å²) in [6, 6.07) is 3.30. The number of rotatable bonds is 6. The van der Waals surface area contributed by atoms with Gasteiger partial charge in [0.1, 0.15) is 6.54 Å². The van der Waals surface area contributed by atoms with Crippen LogP contribution in [0.5, 0.6) is 0 Å². The largest absolute Gasteiger partial charge is 0.480 e. The lowest BCUT2D eigenvalue weighted by Gasteiger charge is -2.20. The third-order valence-electron chi connectivity index (χ3n) is 2.84. The Morgan fingerprint density at radius 1 is 1.39 bits per heavy atom. The molecule has 0 saturated carbocycles. The first kappa shape index (κ1) is 18.9. The number of carboxylic acids is 1. The molecule has 1 rings (SSSR count). The summed E-state index contributed by atoms with van der Waals surface area (Å²) in [6.45, 7) is 0.581. The number of nitrogens with zero attached hydrogens (tertiary/aromatic N) is 2. The van der Waals surface area contributed by atoms with E-state index in [0.717, 1.165) is 12.1 Å². The molecular formula is C13H13F3N2O4S. The van der Waals surface area contributed by atoms with Gasteiger partial charge in [0.2, 0.25) is 10.0 Å². The number of alkyl halides is 3. The van der Waals surface area contributed by atoms with Crippen LogP contribution in [0.1, 0.15) is 24.5 Å². The number of nitriles is 1. The molecule has 0 heterocycles. The van der Waals surface area contributed by atoms with Crippen LogP contribution in [0.3, 0.4) is 0 Å². The predicted octanol–water partition coefficient (Wildman–Crippen LogP) is 2.06. The molecular weight excluding hydrogens is 337 g/mol. The van der Waals surface area contributed by atoms with E-state index in [4.69, 9.17) is 10.4 Å². The fraction of sp³-hybridized carbons (Fsp3) is 0.385. The van der Waals surface area contributed by atoms with Crippen LogP contribution < -0.4 is 0 Å². The minimum Gasteiger partial charge on any atom is -0.480 e. The summed E-state index contributed by atoms with van der Waals surface area (Å²) in [5.74, 6) is -1.42. The van der Waals surface area contributed by atoms with Crippen LogP contribution in [-0.4, -0.2) is 36.9 Å². The number of hydrogen-bond acceptors (Lipinski definition) is 4. The smallest absolute Gasteiger partial charge is 0.417 e. The molecule has 1 aromatic rings. The molecule has 0 aliphatic heterocycles. The third kappa shape index (κ3) is 4.43. The molecule has 23 heavy (non-hydrogen) atoms. The molecule has 1 N–H and O–H groups in total. The SMILES string of the molecule is CCCN(CC(=O)O)S(=O)(=O)c1ccc(C#N)c(C(F)(F)F)c1. The second-order valence-corrected chi connectivity index (χ2v) is 6.49. The monoisotopic (exact) mass is 350 g/mol. The third-order valence-corrected chi connectivity index (χ3v) is 4.68. The minimum absolute atomic E-state index is 0.157. The van der Waals surface area contributed by atoms with Crippen LogP contribution in [0, 0.1) is 11.3 Å². The molecule has 0 saturated heterocycles. The highest BCUT2D eigenvalue weighted by Gasteiger charge is 2.36. The molecule has 0 spiro atoms. The number of carboxylic acid groups (broad SMARTS) is 1. The van der Waals surface area contributed by atoms with E-state index in [1.807, 2.05) is 0 Å². The standard InChI is InChI=1S/C13H13F3N2O4S/c1-2-5-18(8-12(19)20)23(21,22)10-4-3-9(7-17)11(6-10)13(14,15)16/h3-4,6H,2,5,8H2,1H3,(H,19,20). The summed E-state index contributed by atoms with van der Waals surface area (Å²) in [7, 11) is -4.42. The lowest BCUT2D eigenvalue weighted by molar-refractivity contribution is -0.138. The van der Waals surface area contributed by atoms with Crippen molar-refractivity contribution in [3.05, 3.63) is 29.3 Å². The number of aliphatic carboxylic acids is 1. The summed E-state index contributed by atoms with van der Waals surface area (Å²) in [4.78, 5) is 10.1. The molecule has 6 nitrogen and oxygen atoms in total. The average Bonchev–Trinajstić information content (AvgIpc) is 2.44. The van der Waals surface area contributed by atoms with Crippen molar-refractivity contribution in [2.45, 2.75) is 24.4 Å². The van der Waals surface area contributed by atoms with Gasteiger partial charge in [0, 0.05) is 6.54 Å². The lowest BCUT2D eigenvalue weighted by atomic mass is 10.1. The molecule has 0 fully saturated rings. The van der Waals surface area contributed by atoms with E-state index in [1.165, 1.54) is 6.07 Å². The highest BCUT2D eigenvalue weighted by atomic mass is 32.2. The van der Waals surface area contributed by atoms with Crippen LogP contribution >= 0.6 is 0 Å². The van der Waals surface area contributed by atoms with Gasteiger partial charge in [-0.05, 0) is 24.6 Å². The average molecular weight is 350 g/mol. The molecule has 0 radical (unpaired) electrons. The normalized spacial score (nSPS) is 12.2. The fourth-order valence-corrected chi connectivity index (χ4v) is 3.36. The minimum atomic E-state index is -4.90. The molecule has 0 unspecified atom stereocenters. The van der Waals surface area contributed by atoms with E-state index in [9.17, 15) is 26.4 Å². The zero-order valence-corrected chi connectivity index (χ0v) is 12.8. The number of halogens is 3. The van der Waals surface area contributed by atoms with Crippen LogP contribution in [-0.2, 0) is 21.0 Å². The van der Waals surface area contributed by atoms with Gasteiger partial charge in [-0.25, -0.2) is 8.42 Å². The van der Waals surface area contributed by atoms with Crippen molar-refractivity contribution >= 4 is 16.0 Å². The van der Waals surface area contributed by atoms with Gasteiger partial charge in [-0.2, -0.15) is 22.7 Å². The van der Waals surface area contributed by atoms with Crippen LogP contribution in [0.15, 0.2) is 23.1 Å². The van der Waals surface area contributed by atoms with Gasteiger partial charge in [0.25, 0.3) is 0 Å². The Kier molecular flexibility index (Phi) is 5.74. The first-order chi connectivity index (χ1) is 10.5. The molecule has 0 aliphatic carbocycles. The van der Waals surface area contributed by atoms with Crippen LogP contribution in [0.2, 0.25) is 0 Å². The predicted molar refractivity (Wildman–Crippen MR) is 72.8 cm³/mol. The zero-order valence-electron chi connectivity index (χ0n) is 12.0. The Morgan fingerprint density at radius 2 is 2.00 bits per heavy atom. The maximum atomic E-state index is 12.9. The van der Waals surface area contributed by atoms with Gasteiger partial charge in [-0.15, -0.1) is 0 Å². The summed E-state index contributed by atoms with van der Waals surface area (Å²) >= 11 is 0. The van der Waals surface area contributed by atoms with Gasteiger partial charge < -0.3 is 5.11 Å². The van der Waals surface area contributed by atoms with E-state index in [1.54, 1.807) is 6.92 Å². The van der Waals surface area contributed by atoms with Crippen molar-refractivity contribution in [2.75, 3.05) is 13.1 Å². The van der Waals surface area contributed by atoms with E-state index in [-0.39, 0.29) is 13.0 Å². The molecule has 10 heteroatoms. The van der Waals surface area contributed by atoms with Gasteiger partial charge in [-0.1, -0.05) is 6.92 Å². The highest BCUT2D eigenvalue weighted by Crippen LogP contribution is 2.33. The number of hydrogen-bond donors (Lipinski definition) is 1. The Balaban J connectivity index is 3.43. The summed E-state index contributed by atoms with van der Waals surface area (Å²) in [5.41, 5.74) is -2.09. The van der Waals surface area contributed by atoms with E-state index in [2.05, 4.69) is 0 Å². The quantitative estimate of drug-likeness (QED) is 0.847. The van der Waals surface area contributed by atoms with E-state index in [0.29, 0.717) is 10.4 Å². The molecule has 0 aromatic heterocycles. The summed E-state index contributed by atoms with van der Waals surface area (Å²) < 4.78 is 64.0. The second kappa shape index (κ2) is 6.97. The van der Waals surface area contributed by atoms with Crippen molar-refractivity contribution < 1.29 is 31.5 Å². The second-order valence-electron chi connectivity index (χ2n) is 4.55. The topological polar surface area (TPSA) is 98.5 Å². The molecule has 0 aliphatic rings. The number of benzene rings is 1. The van der Waals surface area contributed by atoms with Crippen molar-refractivity contribution in [3.63, 3.8) is 0 Å². The summed E-state index contributed by atoms with van der Waals surface area (Å²) in [6.07, 6.45) is -4.62.